The molecule has 40 heavy (non-hydrogen) atoms. The van der Waals surface area contributed by atoms with E-state index in [0.717, 1.165) is 28.6 Å². The van der Waals surface area contributed by atoms with E-state index < -0.39 is 17.7 Å². The Morgan fingerprint density at radius 3 is 2.73 bits per heavy atom. The Bertz CT molecular complexity index is 1820. The molecular weight excluding hydrogens is 524 g/mol. The highest BCUT2D eigenvalue weighted by atomic mass is 32.1. The van der Waals surface area contributed by atoms with Gasteiger partial charge < -0.3 is 9.84 Å². The van der Waals surface area contributed by atoms with Gasteiger partial charge in [-0.15, -0.1) is 0 Å². The van der Waals surface area contributed by atoms with Crippen molar-refractivity contribution in [1.82, 2.24) is 14.4 Å². The van der Waals surface area contributed by atoms with Crippen LogP contribution in [0.2, 0.25) is 0 Å². The van der Waals surface area contributed by atoms with Crippen LogP contribution in [0.3, 0.4) is 0 Å². The van der Waals surface area contributed by atoms with E-state index in [0.29, 0.717) is 40.1 Å². The summed E-state index contributed by atoms with van der Waals surface area (Å²) in [4.78, 5) is 38.1. The van der Waals surface area contributed by atoms with Gasteiger partial charge in [0.1, 0.15) is 17.1 Å². The second kappa shape index (κ2) is 10.2. The second-order valence-electron chi connectivity index (χ2n) is 9.89. The molecule has 2 aromatic carbocycles. The molecule has 0 aliphatic carbocycles. The number of ether oxygens (including phenoxy) is 1. The van der Waals surface area contributed by atoms with Crippen LogP contribution in [-0.2, 0) is 9.59 Å². The highest BCUT2D eigenvalue weighted by Gasteiger charge is 2.48. The highest BCUT2D eigenvalue weighted by molar-refractivity contribution is 7.22. The summed E-state index contributed by atoms with van der Waals surface area (Å²) in [5.41, 5.74) is 3.97. The number of fused-ring (bicyclic) bond motifs is 2. The molecule has 0 saturated carbocycles. The Kier molecular flexibility index (Phi) is 6.59. The van der Waals surface area contributed by atoms with Crippen LogP contribution in [0.5, 0.6) is 5.75 Å². The molecule has 4 heterocycles. The lowest BCUT2D eigenvalue weighted by molar-refractivity contribution is -0.132. The summed E-state index contributed by atoms with van der Waals surface area (Å²) in [7, 11) is 0. The first-order valence-electron chi connectivity index (χ1n) is 13.2. The third kappa shape index (κ3) is 4.32. The summed E-state index contributed by atoms with van der Waals surface area (Å²) in [6.07, 6.45) is 3.67. The van der Waals surface area contributed by atoms with Crippen molar-refractivity contribution in [1.29, 1.82) is 0 Å². The third-order valence-electron chi connectivity index (χ3n) is 7.05. The van der Waals surface area contributed by atoms with Gasteiger partial charge in [-0.3, -0.25) is 18.9 Å². The minimum atomic E-state index is -0.912. The van der Waals surface area contributed by atoms with E-state index >= 15 is 0 Å². The molecule has 6 rings (SSSR count). The van der Waals surface area contributed by atoms with Crippen molar-refractivity contribution in [2.45, 2.75) is 39.7 Å². The van der Waals surface area contributed by atoms with E-state index in [2.05, 4.69) is 11.9 Å². The molecule has 1 saturated heterocycles. The van der Waals surface area contributed by atoms with Crippen LogP contribution in [0.15, 0.2) is 72.4 Å². The maximum atomic E-state index is 13.7. The summed E-state index contributed by atoms with van der Waals surface area (Å²) < 4.78 is 8.58. The van der Waals surface area contributed by atoms with Crippen molar-refractivity contribution in [3.05, 3.63) is 94.9 Å². The number of benzene rings is 2. The number of hydrogen-bond acceptors (Lipinski definition) is 7. The van der Waals surface area contributed by atoms with E-state index in [-0.39, 0.29) is 11.3 Å². The minimum Gasteiger partial charge on any atom is -0.505 e. The predicted octanol–water partition coefficient (Wildman–Crippen LogP) is 6.37. The Morgan fingerprint density at radius 1 is 1.05 bits per heavy atom. The molecule has 202 valence electrons. The van der Waals surface area contributed by atoms with E-state index in [1.807, 2.05) is 67.6 Å². The number of nitrogens with zero attached hydrogens (tertiary/aromatic N) is 4. The van der Waals surface area contributed by atoms with Crippen LogP contribution in [0.25, 0.3) is 21.6 Å². The van der Waals surface area contributed by atoms with Gasteiger partial charge >= 0.3 is 5.91 Å². The van der Waals surface area contributed by atoms with Crippen LogP contribution in [0.1, 0.15) is 48.3 Å². The zero-order valence-electron chi connectivity index (χ0n) is 22.4. The van der Waals surface area contributed by atoms with Gasteiger partial charge in [-0.05, 0) is 67.8 Å². The molecule has 1 aliphatic rings. The first kappa shape index (κ1) is 25.8. The minimum absolute atomic E-state index is 0.0140. The second-order valence-corrected chi connectivity index (χ2v) is 10.9. The SMILES string of the molecule is CCCCOc1cccc(C2C(=C(O)c3c(C)nc4ccccn34)C(=O)C(=O)N2c2nc3ccc(C)cc3s2)c1. The van der Waals surface area contributed by atoms with E-state index in [1.165, 1.54) is 16.2 Å². The Balaban J connectivity index is 1.56. The molecule has 3 aromatic heterocycles. The first-order valence-corrected chi connectivity index (χ1v) is 14.0. The van der Waals surface area contributed by atoms with Crippen molar-refractivity contribution in [3.63, 3.8) is 0 Å². The first-order chi connectivity index (χ1) is 19.4. The summed E-state index contributed by atoms with van der Waals surface area (Å²) in [5, 5.41) is 12.2. The van der Waals surface area contributed by atoms with Gasteiger partial charge in [-0.1, -0.05) is 48.9 Å². The van der Waals surface area contributed by atoms with Crippen molar-refractivity contribution in [2.24, 2.45) is 0 Å². The van der Waals surface area contributed by atoms with Crippen molar-refractivity contribution in [3.8, 4) is 5.75 Å². The lowest BCUT2D eigenvalue weighted by atomic mass is 9.96. The molecule has 1 amide bonds. The molecule has 1 aliphatic heterocycles. The Labute approximate surface area is 235 Å². The molecule has 1 unspecified atom stereocenters. The molecule has 0 radical (unpaired) electrons. The van der Waals surface area contributed by atoms with Crippen molar-refractivity contribution in [2.75, 3.05) is 11.5 Å². The van der Waals surface area contributed by atoms with Crippen LogP contribution in [-0.4, -0.2) is 37.8 Å². The number of pyridine rings is 1. The highest BCUT2D eigenvalue weighted by Crippen LogP contribution is 2.45. The summed E-state index contributed by atoms with van der Waals surface area (Å²) in [5.74, 6) is -1.18. The number of aliphatic hydroxyl groups is 1. The number of aliphatic hydroxyl groups excluding tert-OH is 1. The fourth-order valence-electron chi connectivity index (χ4n) is 5.10. The molecule has 8 nitrogen and oxygen atoms in total. The Hall–Kier alpha value is -4.50. The van der Waals surface area contributed by atoms with Crippen molar-refractivity contribution >= 4 is 49.8 Å². The quantitative estimate of drug-likeness (QED) is 0.109. The number of aromatic nitrogens is 3. The topological polar surface area (TPSA) is 97.0 Å². The summed E-state index contributed by atoms with van der Waals surface area (Å²) in [6.45, 7) is 6.41. The standard InChI is InChI=1S/C31H28N4O4S/c1-4-5-15-39-21-10-8-9-20(17-21)27-25(28(36)26-19(3)32-24-11-6-7-14-34(24)26)29(37)30(38)35(27)31-33-22-13-12-18(2)16-23(22)40-31/h6-14,16-17,27,36H,4-5,15H2,1-3H3. The number of anilines is 1. The lowest BCUT2D eigenvalue weighted by Gasteiger charge is -2.23. The van der Waals surface area contributed by atoms with Crippen LogP contribution < -0.4 is 9.64 Å². The molecule has 9 heteroatoms. The van der Waals surface area contributed by atoms with Gasteiger partial charge in [-0.2, -0.15) is 0 Å². The molecule has 1 fully saturated rings. The number of carbonyl (C=O) groups excluding carboxylic acids is 2. The monoisotopic (exact) mass is 552 g/mol. The van der Waals surface area contributed by atoms with Gasteiger partial charge in [0.2, 0.25) is 0 Å². The molecule has 1 atom stereocenters. The van der Waals surface area contributed by atoms with Gasteiger partial charge in [0.15, 0.2) is 10.9 Å². The largest absolute Gasteiger partial charge is 0.505 e. The number of thiazole rings is 1. The number of carbonyl (C=O) groups is 2. The molecular formula is C31H28N4O4S. The normalized spacial score (nSPS) is 16.9. The number of hydrogen-bond donors (Lipinski definition) is 1. The fourth-order valence-corrected chi connectivity index (χ4v) is 6.19. The average molecular weight is 553 g/mol. The third-order valence-corrected chi connectivity index (χ3v) is 8.07. The average Bonchev–Trinajstić information content (AvgIpc) is 3.59. The molecule has 5 aromatic rings. The Morgan fingerprint density at radius 2 is 1.90 bits per heavy atom. The summed E-state index contributed by atoms with van der Waals surface area (Å²) in [6, 6.07) is 17.8. The van der Waals surface area contributed by atoms with Crippen LogP contribution in [0.4, 0.5) is 5.13 Å². The van der Waals surface area contributed by atoms with Gasteiger partial charge in [0, 0.05) is 6.20 Å². The van der Waals surface area contributed by atoms with E-state index in [9.17, 15) is 14.7 Å². The van der Waals surface area contributed by atoms with Gasteiger partial charge in [0.05, 0.1) is 34.1 Å². The maximum Gasteiger partial charge on any atom is 0.301 e. The molecule has 0 bridgehead atoms. The number of rotatable bonds is 7. The number of imidazole rings is 1. The van der Waals surface area contributed by atoms with E-state index in [1.54, 1.807) is 17.5 Å². The lowest BCUT2D eigenvalue weighted by Crippen LogP contribution is -2.29. The smallest absolute Gasteiger partial charge is 0.301 e. The van der Waals surface area contributed by atoms with Gasteiger partial charge in [-0.25, -0.2) is 9.97 Å². The predicted molar refractivity (Wildman–Crippen MR) is 156 cm³/mol. The number of unbranched alkanes of at least 4 members (excludes halogenated alkanes) is 1. The van der Waals surface area contributed by atoms with E-state index in [4.69, 9.17) is 9.72 Å². The molecule has 0 spiro atoms. The number of amides is 1. The fraction of sp³-hybridized carbons (Fsp3) is 0.226. The zero-order chi connectivity index (χ0) is 28.0. The molecule has 1 N–H and O–H groups in total. The van der Waals surface area contributed by atoms with Crippen molar-refractivity contribution < 1.29 is 19.4 Å². The maximum absolute atomic E-state index is 13.7. The van der Waals surface area contributed by atoms with Crippen LogP contribution in [0, 0.1) is 13.8 Å². The van der Waals surface area contributed by atoms with Crippen LogP contribution >= 0.6 is 11.3 Å². The summed E-state index contributed by atoms with van der Waals surface area (Å²) >= 11 is 1.34. The zero-order valence-corrected chi connectivity index (χ0v) is 23.2. The number of Topliss-reactive ketones (excluding diaryl/α,β-unsaturated/α-hetero) is 1. The number of ketones is 1. The van der Waals surface area contributed by atoms with Gasteiger partial charge in [0.25, 0.3) is 5.78 Å². The number of aryl methyl sites for hydroxylation is 2.